The first-order chi connectivity index (χ1) is 12.0. The van der Waals surface area contributed by atoms with Crippen LogP contribution in [0, 0.1) is 0 Å². The second-order valence-corrected chi connectivity index (χ2v) is 26.2. The number of hydrogen-bond acceptors (Lipinski definition) is 5. The predicted molar refractivity (Wildman–Crippen MR) is 122 cm³/mol. The van der Waals surface area contributed by atoms with Crippen LogP contribution >= 0.6 is 0 Å². The average molecular weight is 447 g/mol. The van der Waals surface area contributed by atoms with E-state index >= 15 is 0 Å². The summed E-state index contributed by atoms with van der Waals surface area (Å²) in [6.45, 7) is 19.6. The molecule has 0 saturated carbocycles. The summed E-state index contributed by atoms with van der Waals surface area (Å²) in [5.41, 5.74) is 1.00. The van der Waals surface area contributed by atoms with Crippen LogP contribution in [0.25, 0.3) is 0 Å². The smallest absolute Gasteiger partial charge is 0.315 e. The van der Waals surface area contributed by atoms with Gasteiger partial charge in [-0.3, -0.25) is 0 Å². The summed E-state index contributed by atoms with van der Waals surface area (Å²) in [6, 6.07) is 5.89. The zero-order valence-corrected chi connectivity index (χ0v) is 22.5. The van der Waals surface area contributed by atoms with Crippen molar-refractivity contribution in [1.29, 1.82) is 0 Å². The van der Waals surface area contributed by atoms with Crippen molar-refractivity contribution in [1.82, 2.24) is 0 Å². The molecule has 9 heteroatoms. The van der Waals surface area contributed by atoms with Gasteiger partial charge in [-0.05, 0) is 95.5 Å². The highest BCUT2D eigenvalue weighted by Gasteiger charge is 2.44. The fourth-order valence-electron chi connectivity index (χ4n) is 3.39. The van der Waals surface area contributed by atoms with Gasteiger partial charge in [-0.25, -0.2) is 0 Å². The second-order valence-electron chi connectivity index (χ2n) is 9.74. The summed E-state index contributed by atoms with van der Waals surface area (Å²) < 4.78 is 19.7. The summed E-state index contributed by atoms with van der Waals surface area (Å²) in [7, 11) is -8.10. The van der Waals surface area contributed by atoms with Gasteiger partial charge >= 0.3 is 17.1 Å². The zero-order valence-electron chi connectivity index (χ0n) is 18.5. The Balaban J connectivity index is 2.84. The third-order valence-electron chi connectivity index (χ3n) is 3.67. The molecule has 0 aliphatic heterocycles. The van der Waals surface area contributed by atoms with Gasteiger partial charge in [0.1, 0.15) is 0 Å². The summed E-state index contributed by atoms with van der Waals surface area (Å²) in [6.07, 6.45) is 1.72. The van der Waals surface area contributed by atoms with Gasteiger partial charge in [-0.1, -0.05) is 6.07 Å². The molecule has 1 unspecified atom stereocenters. The number of benzene rings is 1. The van der Waals surface area contributed by atoms with E-state index in [4.69, 9.17) is 12.3 Å². The van der Waals surface area contributed by atoms with Crippen molar-refractivity contribution < 1.29 is 22.6 Å². The van der Waals surface area contributed by atoms with Crippen molar-refractivity contribution in [3.63, 3.8) is 0 Å². The lowest BCUT2D eigenvalue weighted by atomic mass is 10.1. The number of phenolic OH excluding ortho intramolecular Hbond substituents is 2. The molecule has 0 amide bonds. The van der Waals surface area contributed by atoms with Gasteiger partial charge in [0.05, 0.1) is 0 Å². The van der Waals surface area contributed by atoms with Gasteiger partial charge in [0.25, 0.3) is 0 Å². The van der Waals surface area contributed by atoms with Crippen molar-refractivity contribution in [3.8, 4) is 11.5 Å². The van der Waals surface area contributed by atoms with E-state index in [0.29, 0.717) is 0 Å². The van der Waals surface area contributed by atoms with E-state index in [1.807, 2.05) is 6.07 Å². The fraction of sp³-hybridized carbons (Fsp3) is 0.667. The molecule has 0 heterocycles. The molecule has 27 heavy (non-hydrogen) atoms. The molecule has 0 aliphatic rings. The van der Waals surface area contributed by atoms with Crippen molar-refractivity contribution in [2.75, 3.05) is 0 Å². The fourth-order valence-corrected chi connectivity index (χ4v) is 21.3. The normalized spacial score (nSPS) is 15.6. The quantitative estimate of drug-likeness (QED) is 0.365. The van der Waals surface area contributed by atoms with Crippen molar-refractivity contribution in [2.24, 2.45) is 0 Å². The molecular formula is C18H38O5Si4. The third-order valence-corrected chi connectivity index (χ3v) is 17.2. The SMILES string of the molecule is C[Si](C)(C)O[Si](C)(C)O[Si](C)(CCCc1ccc(O)c(O)c1)O[Si](C)(C)C. The Morgan fingerprint density at radius 2 is 1.30 bits per heavy atom. The molecule has 1 atom stereocenters. The lowest BCUT2D eigenvalue weighted by Crippen LogP contribution is -2.56. The third kappa shape index (κ3) is 10.1. The van der Waals surface area contributed by atoms with Crippen LogP contribution in [0.15, 0.2) is 18.2 Å². The van der Waals surface area contributed by atoms with E-state index < -0.39 is 33.8 Å². The van der Waals surface area contributed by atoms with E-state index in [1.54, 1.807) is 6.07 Å². The molecule has 0 spiro atoms. The minimum Gasteiger partial charge on any atom is -0.504 e. The Hall–Kier alpha value is -0.432. The standard InChI is InChI=1S/C18H38O5Si4/c1-24(2,3)21-26(7,8)23-27(9,22-25(4,5)6)14-10-11-16-12-13-17(19)18(20)15-16/h12-13,15,19-20H,10-11,14H2,1-9H3. The van der Waals surface area contributed by atoms with E-state index in [9.17, 15) is 10.2 Å². The molecule has 0 aliphatic carbocycles. The van der Waals surface area contributed by atoms with Crippen LogP contribution in [-0.2, 0) is 18.8 Å². The van der Waals surface area contributed by atoms with Crippen molar-refractivity contribution in [2.45, 2.75) is 77.8 Å². The topological polar surface area (TPSA) is 68.2 Å². The van der Waals surface area contributed by atoms with E-state index in [1.165, 1.54) is 6.07 Å². The largest absolute Gasteiger partial charge is 0.504 e. The highest BCUT2D eigenvalue weighted by atomic mass is 28.5. The average Bonchev–Trinajstić information content (AvgIpc) is 2.36. The molecular weight excluding hydrogens is 409 g/mol. The Kier molecular flexibility index (Phi) is 8.14. The first-order valence-electron chi connectivity index (χ1n) is 9.62. The zero-order chi connectivity index (χ0) is 21.1. The summed E-state index contributed by atoms with van der Waals surface area (Å²) >= 11 is 0. The molecule has 0 saturated heterocycles. The van der Waals surface area contributed by atoms with E-state index in [0.717, 1.165) is 24.4 Å². The molecule has 0 bridgehead atoms. The first-order valence-corrected chi connectivity index (χ1v) is 21.8. The molecule has 1 rings (SSSR count). The van der Waals surface area contributed by atoms with E-state index in [2.05, 4.69) is 58.9 Å². The highest BCUT2D eigenvalue weighted by Crippen LogP contribution is 2.29. The summed E-state index contributed by atoms with van der Waals surface area (Å²) in [5.74, 6) is -0.154. The maximum Gasteiger partial charge on any atom is 0.315 e. The maximum absolute atomic E-state index is 9.68. The molecule has 156 valence electrons. The Morgan fingerprint density at radius 1 is 0.741 bits per heavy atom. The van der Waals surface area contributed by atoms with Crippen LogP contribution in [0.1, 0.15) is 12.0 Å². The van der Waals surface area contributed by atoms with Crippen molar-refractivity contribution in [3.05, 3.63) is 23.8 Å². The van der Waals surface area contributed by atoms with E-state index in [-0.39, 0.29) is 11.5 Å². The summed E-state index contributed by atoms with van der Waals surface area (Å²) in [4.78, 5) is 0. The molecule has 2 N–H and O–H groups in total. The van der Waals surface area contributed by atoms with Gasteiger partial charge in [0.15, 0.2) is 28.1 Å². The number of phenols is 2. The van der Waals surface area contributed by atoms with Crippen LogP contribution in [0.2, 0.25) is 65.0 Å². The Morgan fingerprint density at radius 3 is 1.78 bits per heavy atom. The molecule has 1 aromatic carbocycles. The van der Waals surface area contributed by atoms with Gasteiger partial charge in [-0.2, -0.15) is 0 Å². The van der Waals surface area contributed by atoms with Crippen LogP contribution < -0.4 is 0 Å². The molecule has 0 fully saturated rings. The minimum atomic E-state index is -2.39. The maximum atomic E-state index is 9.68. The monoisotopic (exact) mass is 446 g/mol. The minimum absolute atomic E-state index is 0.0702. The molecule has 1 aromatic rings. The number of hydrogen-bond donors (Lipinski definition) is 2. The predicted octanol–water partition coefficient (Wildman–Crippen LogP) is 5.52. The summed E-state index contributed by atoms with van der Waals surface area (Å²) in [5, 5.41) is 19.1. The second kappa shape index (κ2) is 8.93. The van der Waals surface area contributed by atoms with Gasteiger partial charge in [0, 0.05) is 0 Å². The number of rotatable bonds is 10. The van der Waals surface area contributed by atoms with Gasteiger partial charge < -0.3 is 22.6 Å². The molecule has 5 nitrogen and oxygen atoms in total. The number of aromatic hydroxyl groups is 2. The van der Waals surface area contributed by atoms with Crippen molar-refractivity contribution >= 4 is 33.8 Å². The Bertz CT molecular complexity index is 625. The lowest BCUT2D eigenvalue weighted by Gasteiger charge is -2.41. The lowest BCUT2D eigenvalue weighted by molar-refractivity contribution is 0.322. The number of aryl methyl sites for hydroxylation is 1. The van der Waals surface area contributed by atoms with Crippen LogP contribution in [-0.4, -0.2) is 44.0 Å². The first kappa shape index (κ1) is 24.6. The van der Waals surface area contributed by atoms with Crippen LogP contribution in [0.5, 0.6) is 11.5 Å². The Labute approximate surface area is 169 Å². The van der Waals surface area contributed by atoms with Gasteiger partial charge in [0.2, 0.25) is 0 Å². The van der Waals surface area contributed by atoms with Crippen LogP contribution in [0.4, 0.5) is 0 Å². The van der Waals surface area contributed by atoms with Crippen LogP contribution in [0.3, 0.4) is 0 Å². The molecule has 0 aromatic heterocycles. The van der Waals surface area contributed by atoms with Gasteiger partial charge in [-0.15, -0.1) is 0 Å². The molecule has 0 radical (unpaired) electrons. The highest BCUT2D eigenvalue weighted by molar-refractivity contribution is 6.89.